The highest BCUT2D eigenvalue weighted by Crippen LogP contribution is 2.20. The van der Waals surface area contributed by atoms with Crippen molar-refractivity contribution >= 4 is 27.5 Å². The molecule has 0 spiro atoms. The van der Waals surface area contributed by atoms with E-state index in [1.54, 1.807) is 18.3 Å². The van der Waals surface area contributed by atoms with Gasteiger partial charge in [0, 0.05) is 22.3 Å². The number of halogens is 1. The van der Waals surface area contributed by atoms with Crippen molar-refractivity contribution in [1.29, 1.82) is 0 Å². The van der Waals surface area contributed by atoms with Crippen LogP contribution in [0, 0.1) is 6.92 Å². The second-order valence-electron chi connectivity index (χ2n) is 6.27. The zero-order valence-corrected chi connectivity index (χ0v) is 16.4. The third-order valence-electron chi connectivity index (χ3n) is 4.15. The Labute approximate surface area is 168 Å². The smallest absolute Gasteiger partial charge is 0.356 e. The summed E-state index contributed by atoms with van der Waals surface area (Å²) >= 11 is 3.38. The summed E-state index contributed by atoms with van der Waals surface area (Å²) in [5, 5.41) is 6.82. The highest BCUT2D eigenvalue weighted by Gasteiger charge is 2.13. The largest absolute Gasteiger partial charge is 0.454 e. The van der Waals surface area contributed by atoms with E-state index >= 15 is 0 Å². The number of esters is 1. The monoisotopic (exact) mass is 438 g/mol. The lowest BCUT2D eigenvalue weighted by Crippen LogP contribution is -2.17. The Kier molecular flexibility index (Phi) is 4.79. The molecule has 1 aromatic carbocycles. The summed E-state index contributed by atoms with van der Waals surface area (Å²) in [7, 11) is 0. The molecule has 4 aromatic rings. The first-order chi connectivity index (χ1) is 13.5. The molecule has 3 heterocycles. The SMILES string of the molecule is Cc1ccc2nc(COC(=O)c3cc(-c4ccc(Br)cc4)n[nH]3)cc(=O)n2c1. The summed E-state index contributed by atoms with van der Waals surface area (Å²) in [6, 6.07) is 14.2. The van der Waals surface area contributed by atoms with Crippen LogP contribution in [0.3, 0.4) is 0 Å². The molecule has 4 rings (SSSR count). The van der Waals surface area contributed by atoms with Crippen molar-refractivity contribution in [3.05, 3.63) is 86.5 Å². The van der Waals surface area contributed by atoms with Crippen molar-refractivity contribution in [3.63, 3.8) is 0 Å². The van der Waals surface area contributed by atoms with Crippen molar-refractivity contribution in [2.75, 3.05) is 0 Å². The summed E-state index contributed by atoms with van der Waals surface area (Å²) in [6.07, 6.45) is 1.72. The van der Waals surface area contributed by atoms with E-state index in [0.29, 0.717) is 17.0 Å². The van der Waals surface area contributed by atoms with E-state index in [4.69, 9.17) is 4.74 Å². The first kappa shape index (κ1) is 18.1. The first-order valence-electron chi connectivity index (χ1n) is 8.47. The molecule has 8 heteroatoms. The molecule has 0 aliphatic heterocycles. The Morgan fingerprint density at radius 3 is 2.75 bits per heavy atom. The maximum Gasteiger partial charge on any atom is 0.356 e. The van der Waals surface area contributed by atoms with E-state index in [0.717, 1.165) is 15.6 Å². The van der Waals surface area contributed by atoms with Crippen molar-refractivity contribution in [2.45, 2.75) is 13.5 Å². The molecule has 0 unspecified atom stereocenters. The van der Waals surface area contributed by atoms with E-state index in [2.05, 4.69) is 31.1 Å². The molecule has 0 saturated heterocycles. The number of carbonyl (C=O) groups excluding carboxylic acids is 1. The van der Waals surface area contributed by atoms with Gasteiger partial charge in [0.15, 0.2) is 0 Å². The average Bonchev–Trinajstić information content (AvgIpc) is 3.17. The van der Waals surface area contributed by atoms with Crippen LogP contribution < -0.4 is 5.56 Å². The van der Waals surface area contributed by atoms with Crippen LogP contribution in [-0.2, 0) is 11.3 Å². The van der Waals surface area contributed by atoms with Gasteiger partial charge in [0.1, 0.15) is 17.9 Å². The number of fused-ring (bicyclic) bond motifs is 1. The highest BCUT2D eigenvalue weighted by molar-refractivity contribution is 9.10. The third kappa shape index (κ3) is 3.72. The quantitative estimate of drug-likeness (QED) is 0.492. The minimum absolute atomic E-state index is 0.106. The standard InChI is InChI=1S/C20H15BrN4O3/c1-12-2-7-18-22-15(8-19(26)25(18)10-12)11-28-20(27)17-9-16(23-24-17)13-3-5-14(21)6-4-13/h2-10H,11H2,1H3,(H,23,24). The van der Waals surface area contributed by atoms with Crippen molar-refractivity contribution in [1.82, 2.24) is 19.6 Å². The summed E-state index contributed by atoms with van der Waals surface area (Å²) in [5.41, 5.74) is 3.36. The minimum Gasteiger partial charge on any atom is -0.454 e. The van der Waals surface area contributed by atoms with Crippen molar-refractivity contribution in [2.24, 2.45) is 0 Å². The highest BCUT2D eigenvalue weighted by atomic mass is 79.9. The minimum atomic E-state index is -0.568. The van der Waals surface area contributed by atoms with Crippen LogP contribution in [-0.4, -0.2) is 25.6 Å². The lowest BCUT2D eigenvalue weighted by atomic mass is 10.1. The molecule has 0 atom stereocenters. The van der Waals surface area contributed by atoms with Gasteiger partial charge in [0.05, 0.1) is 11.4 Å². The van der Waals surface area contributed by atoms with Crippen molar-refractivity contribution in [3.8, 4) is 11.3 Å². The summed E-state index contributed by atoms with van der Waals surface area (Å²) in [5.74, 6) is -0.568. The third-order valence-corrected chi connectivity index (χ3v) is 4.68. The number of carbonyl (C=O) groups is 1. The number of aromatic amines is 1. The van der Waals surface area contributed by atoms with E-state index < -0.39 is 5.97 Å². The molecule has 0 aliphatic rings. The average molecular weight is 439 g/mol. The second kappa shape index (κ2) is 7.40. The molecule has 1 N–H and O–H groups in total. The van der Waals surface area contributed by atoms with Gasteiger partial charge in [-0.15, -0.1) is 0 Å². The van der Waals surface area contributed by atoms with E-state index in [9.17, 15) is 9.59 Å². The van der Waals surface area contributed by atoms with Crippen LogP contribution in [0.1, 0.15) is 21.7 Å². The summed E-state index contributed by atoms with van der Waals surface area (Å²) < 4.78 is 7.70. The van der Waals surface area contributed by atoms with Gasteiger partial charge in [0.2, 0.25) is 0 Å². The van der Waals surface area contributed by atoms with Gasteiger partial charge < -0.3 is 4.74 Å². The number of hydrogen-bond acceptors (Lipinski definition) is 5. The van der Waals surface area contributed by atoms with Crippen LogP contribution in [0.4, 0.5) is 0 Å². The molecule has 3 aromatic heterocycles. The molecular formula is C20H15BrN4O3. The van der Waals surface area contributed by atoms with E-state index in [1.165, 1.54) is 10.5 Å². The lowest BCUT2D eigenvalue weighted by Gasteiger charge is -2.05. The van der Waals surface area contributed by atoms with Gasteiger partial charge in [-0.2, -0.15) is 5.10 Å². The molecule has 140 valence electrons. The Hall–Kier alpha value is -3.26. The zero-order valence-electron chi connectivity index (χ0n) is 14.8. The molecular weight excluding hydrogens is 424 g/mol. The van der Waals surface area contributed by atoms with Crippen LogP contribution in [0.5, 0.6) is 0 Å². The molecule has 28 heavy (non-hydrogen) atoms. The predicted molar refractivity (Wildman–Crippen MR) is 107 cm³/mol. The van der Waals surface area contributed by atoms with Crippen LogP contribution in [0.2, 0.25) is 0 Å². The molecule has 0 radical (unpaired) electrons. The Morgan fingerprint density at radius 2 is 1.96 bits per heavy atom. The van der Waals surface area contributed by atoms with Gasteiger partial charge >= 0.3 is 5.97 Å². The fraction of sp³-hybridized carbons (Fsp3) is 0.100. The number of nitrogens with one attached hydrogen (secondary N) is 1. The molecule has 0 amide bonds. The maximum absolute atomic E-state index is 12.3. The molecule has 0 aliphatic carbocycles. The van der Waals surface area contributed by atoms with Gasteiger partial charge in [-0.05, 0) is 36.8 Å². The Balaban J connectivity index is 1.49. The topological polar surface area (TPSA) is 89.3 Å². The van der Waals surface area contributed by atoms with Gasteiger partial charge in [-0.3, -0.25) is 14.3 Å². The molecule has 0 bridgehead atoms. The first-order valence-corrected chi connectivity index (χ1v) is 9.26. The number of ether oxygens (including phenoxy) is 1. The van der Waals surface area contributed by atoms with Gasteiger partial charge in [0.25, 0.3) is 5.56 Å². The fourth-order valence-corrected chi connectivity index (χ4v) is 3.01. The summed E-state index contributed by atoms with van der Waals surface area (Å²) in [4.78, 5) is 28.9. The van der Waals surface area contributed by atoms with Crippen LogP contribution in [0.25, 0.3) is 16.9 Å². The number of nitrogens with zero attached hydrogens (tertiary/aromatic N) is 3. The zero-order chi connectivity index (χ0) is 19.7. The number of rotatable bonds is 4. The Morgan fingerprint density at radius 1 is 1.18 bits per heavy atom. The van der Waals surface area contributed by atoms with Gasteiger partial charge in [-0.1, -0.05) is 34.1 Å². The number of H-pyrrole nitrogens is 1. The number of pyridine rings is 1. The molecule has 0 fully saturated rings. The second-order valence-corrected chi connectivity index (χ2v) is 7.19. The van der Waals surface area contributed by atoms with Gasteiger partial charge in [-0.25, -0.2) is 9.78 Å². The number of hydrogen-bond donors (Lipinski definition) is 1. The Bertz CT molecular complexity index is 1230. The number of aryl methyl sites for hydroxylation is 1. The van der Waals surface area contributed by atoms with Crippen LogP contribution >= 0.6 is 15.9 Å². The lowest BCUT2D eigenvalue weighted by molar-refractivity contribution is 0.0460. The number of aromatic nitrogens is 4. The molecule has 7 nitrogen and oxygen atoms in total. The molecule has 0 saturated carbocycles. The van der Waals surface area contributed by atoms with E-state index in [1.807, 2.05) is 37.3 Å². The normalized spacial score (nSPS) is 10.9. The van der Waals surface area contributed by atoms with Crippen molar-refractivity contribution < 1.29 is 9.53 Å². The van der Waals surface area contributed by atoms with E-state index in [-0.39, 0.29) is 17.9 Å². The maximum atomic E-state index is 12.3. The fourth-order valence-electron chi connectivity index (χ4n) is 2.74. The summed E-state index contributed by atoms with van der Waals surface area (Å²) in [6.45, 7) is 1.79. The predicted octanol–water partition coefficient (Wildman–Crippen LogP) is 3.51. The number of benzene rings is 1. The van der Waals surface area contributed by atoms with Crippen LogP contribution in [0.15, 0.2) is 64.0 Å².